The molecule has 15 heavy (non-hydrogen) atoms. The zero-order valence-electron chi connectivity index (χ0n) is 8.10. The van der Waals surface area contributed by atoms with Crippen molar-refractivity contribution < 1.29 is 4.79 Å². The van der Waals surface area contributed by atoms with Crippen molar-refractivity contribution in [2.75, 3.05) is 0 Å². The van der Waals surface area contributed by atoms with Crippen molar-refractivity contribution in [3.05, 3.63) is 40.1 Å². The minimum atomic E-state index is -0.108. The lowest BCUT2D eigenvalue weighted by Gasteiger charge is -1.97. The van der Waals surface area contributed by atoms with Crippen LogP contribution in [0.4, 0.5) is 0 Å². The molecule has 1 aromatic heterocycles. The highest BCUT2D eigenvalue weighted by molar-refractivity contribution is 7.10. The third kappa shape index (κ3) is 1.87. The quantitative estimate of drug-likeness (QED) is 0.780. The molecule has 1 N–H and O–H groups in total. The van der Waals surface area contributed by atoms with Crippen LogP contribution < -0.4 is 4.80 Å². The Kier molecular flexibility index (Phi) is 2.47. The van der Waals surface area contributed by atoms with Crippen LogP contribution in [0.5, 0.6) is 0 Å². The highest BCUT2D eigenvalue weighted by Crippen LogP contribution is 2.06. The Bertz CT molecular complexity index is 541. The Labute approximate surface area is 90.3 Å². The summed E-state index contributed by atoms with van der Waals surface area (Å²) in [7, 11) is 0. The lowest BCUT2D eigenvalue weighted by Crippen LogP contribution is -2.12. The molecule has 0 spiro atoms. The number of nitrogens with one attached hydrogen (secondary N) is 1. The van der Waals surface area contributed by atoms with Gasteiger partial charge in [-0.25, -0.2) is 4.68 Å². The van der Waals surface area contributed by atoms with Gasteiger partial charge in [0.1, 0.15) is 0 Å². The monoisotopic (exact) mass is 219 g/mol. The fraction of sp³-hybridized carbons (Fsp3) is 0.100. The van der Waals surface area contributed by atoms with E-state index < -0.39 is 0 Å². The molecule has 0 unspecified atom stereocenters. The lowest BCUT2D eigenvalue weighted by atomic mass is 10.3. The second-order valence-corrected chi connectivity index (χ2v) is 3.99. The van der Waals surface area contributed by atoms with E-state index in [-0.39, 0.29) is 10.6 Å². The van der Waals surface area contributed by atoms with Gasteiger partial charge in [-0.05, 0) is 12.1 Å². The highest BCUT2D eigenvalue weighted by Gasteiger charge is 2.08. The zero-order valence-corrected chi connectivity index (χ0v) is 8.91. The van der Waals surface area contributed by atoms with E-state index in [9.17, 15) is 4.79 Å². The molecule has 0 atom stereocenters. The minimum absolute atomic E-state index is 0.108. The van der Waals surface area contributed by atoms with E-state index >= 15 is 0 Å². The van der Waals surface area contributed by atoms with Gasteiger partial charge in [-0.2, -0.15) is 5.10 Å². The molecular weight excluding hydrogens is 210 g/mol. The first-order chi connectivity index (χ1) is 7.18. The van der Waals surface area contributed by atoms with Crippen molar-refractivity contribution in [1.29, 1.82) is 5.41 Å². The zero-order chi connectivity index (χ0) is 10.8. The van der Waals surface area contributed by atoms with Crippen LogP contribution in [0, 0.1) is 5.41 Å². The van der Waals surface area contributed by atoms with E-state index in [1.807, 2.05) is 30.3 Å². The molecule has 1 aromatic carbocycles. The standard InChI is InChI=1S/C10H9N3OS/c1-7(14)9-12-13(10(11)15-9)8-5-3-2-4-6-8/h2-6,11H,1H3. The molecule has 4 nitrogen and oxygen atoms in total. The third-order valence-corrected chi connectivity index (χ3v) is 2.81. The number of aromatic nitrogens is 2. The number of ketones is 1. The van der Waals surface area contributed by atoms with Crippen molar-refractivity contribution in [1.82, 2.24) is 9.78 Å². The van der Waals surface area contributed by atoms with Crippen LogP contribution in [0.1, 0.15) is 16.7 Å². The van der Waals surface area contributed by atoms with Gasteiger partial charge in [-0.15, -0.1) is 0 Å². The summed E-state index contributed by atoms with van der Waals surface area (Å²) in [6.07, 6.45) is 0. The smallest absolute Gasteiger partial charge is 0.205 e. The fourth-order valence-electron chi connectivity index (χ4n) is 1.18. The number of nitrogens with zero attached hydrogens (tertiary/aromatic N) is 2. The SMILES string of the molecule is CC(=O)c1nn(-c2ccccc2)c(=N)s1. The predicted molar refractivity (Wildman–Crippen MR) is 57.3 cm³/mol. The van der Waals surface area contributed by atoms with Gasteiger partial charge in [0.25, 0.3) is 0 Å². The number of Topliss-reactive ketones (excluding diaryl/α,β-unsaturated/α-hetero) is 1. The lowest BCUT2D eigenvalue weighted by molar-refractivity contribution is 0.101. The molecule has 0 saturated heterocycles. The number of hydrogen-bond acceptors (Lipinski definition) is 4. The molecule has 0 radical (unpaired) electrons. The number of benzene rings is 1. The van der Waals surface area contributed by atoms with E-state index in [2.05, 4.69) is 5.10 Å². The van der Waals surface area contributed by atoms with Crippen LogP contribution in [0.15, 0.2) is 30.3 Å². The molecule has 2 aromatic rings. The van der Waals surface area contributed by atoms with Gasteiger partial charge in [0.05, 0.1) is 5.69 Å². The molecule has 0 aliphatic heterocycles. The van der Waals surface area contributed by atoms with Gasteiger partial charge < -0.3 is 0 Å². The Balaban J connectivity index is 2.55. The van der Waals surface area contributed by atoms with E-state index in [0.717, 1.165) is 17.0 Å². The van der Waals surface area contributed by atoms with Gasteiger partial charge in [0.2, 0.25) is 4.80 Å². The first kappa shape index (κ1) is 9.79. The summed E-state index contributed by atoms with van der Waals surface area (Å²) in [6, 6.07) is 9.33. The van der Waals surface area contributed by atoms with Crippen LogP contribution >= 0.6 is 11.3 Å². The Hall–Kier alpha value is -1.75. The fourth-order valence-corrected chi connectivity index (χ4v) is 1.86. The van der Waals surface area contributed by atoms with Crippen molar-refractivity contribution in [3.8, 4) is 5.69 Å². The second-order valence-electron chi connectivity index (χ2n) is 3.02. The normalized spacial score (nSPS) is 10.2. The predicted octanol–water partition coefficient (Wildman–Crippen LogP) is 1.62. The van der Waals surface area contributed by atoms with E-state index in [4.69, 9.17) is 5.41 Å². The van der Waals surface area contributed by atoms with Crippen LogP contribution in [0.3, 0.4) is 0 Å². The number of rotatable bonds is 2. The van der Waals surface area contributed by atoms with E-state index in [1.54, 1.807) is 0 Å². The summed E-state index contributed by atoms with van der Waals surface area (Å²) in [5, 5.41) is 12.1. The maximum atomic E-state index is 11.1. The molecule has 0 saturated carbocycles. The van der Waals surface area contributed by atoms with Crippen molar-refractivity contribution >= 4 is 17.1 Å². The molecule has 2 rings (SSSR count). The molecular formula is C10H9N3OS. The first-order valence-corrected chi connectivity index (χ1v) is 5.21. The van der Waals surface area contributed by atoms with Gasteiger partial charge in [0, 0.05) is 6.92 Å². The average Bonchev–Trinajstić information content (AvgIpc) is 2.62. The topological polar surface area (TPSA) is 58.7 Å². The molecule has 5 heteroatoms. The summed E-state index contributed by atoms with van der Waals surface area (Å²) in [5.74, 6) is -0.108. The number of hydrogen-bond donors (Lipinski definition) is 1. The molecule has 0 aliphatic rings. The van der Waals surface area contributed by atoms with Crippen LogP contribution in [0.25, 0.3) is 5.69 Å². The Morgan fingerprint density at radius 2 is 2.07 bits per heavy atom. The van der Waals surface area contributed by atoms with Crippen molar-refractivity contribution in [2.24, 2.45) is 0 Å². The highest BCUT2D eigenvalue weighted by atomic mass is 32.1. The summed E-state index contributed by atoms with van der Waals surface area (Å²) in [6.45, 7) is 1.45. The molecule has 0 bridgehead atoms. The number of carbonyl (C=O) groups is 1. The summed E-state index contributed by atoms with van der Waals surface area (Å²) in [4.78, 5) is 11.3. The first-order valence-electron chi connectivity index (χ1n) is 4.39. The van der Waals surface area contributed by atoms with Gasteiger partial charge in [-0.1, -0.05) is 29.5 Å². The summed E-state index contributed by atoms with van der Waals surface area (Å²) < 4.78 is 1.46. The number of para-hydroxylation sites is 1. The van der Waals surface area contributed by atoms with Crippen LogP contribution in [-0.2, 0) is 0 Å². The van der Waals surface area contributed by atoms with Crippen LogP contribution in [0.2, 0.25) is 0 Å². The van der Waals surface area contributed by atoms with Gasteiger partial charge >= 0.3 is 0 Å². The van der Waals surface area contributed by atoms with Gasteiger partial charge in [0.15, 0.2) is 10.8 Å². The molecule has 0 amide bonds. The Morgan fingerprint density at radius 1 is 1.40 bits per heavy atom. The maximum Gasteiger partial charge on any atom is 0.205 e. The summed E-state index contributed by atoms with van der Waals surface area (Å²) >= 11 is 1.09. The molecule has 0 aliphatic carbocycles. The van der Waals surface area contributed by atoms with Gasteiger partial charge in [-0.3, -0.25) is 10.2 Å². The minimum Gasteiger partial charge on any atom is -0.292 e. The largest absolute Gasteiger partial charge is 0.292 e. The van der Waals surface area contributed by atoms with Crippen LogP contribution in [-0.4, -0.2) is 15.6 Å². The summed E-state index contributed by atoms with van der Waals surface area (Å²) in [5.41, 5.74) is 0.797. The average molecular weight is 219 g/mol. The van der Waals surface area contributed by atoms with Crippen molar-refractivity contribution in [3.63, 3.8) is 0 Å². The van der Waals surface area contributed by atoms with Crippen molar-refractivity contribution in [2.45, 2.75) is 6.92 Å². The second kappa shape index (κ2) is 3.78. The number of carbonyl (C=O) groups excluding carboxylic acids is 1. The van der Waals surface area contributed by atoms with E-state index in [0.29, 0.717) is 5.01 Å². The Morgan fingerprint density at radius 3 is 2.60 bits per heavy atom. The third-order valence-electron chi connectivity index (χ3n) is 1.88. The molecule has 1 heterocycles. The molecule has 76 valence electrons. The molecule has 0 fully saturated rings. The maximum absolute atomic E-state index is 11.1. The van der Waals surface area contributed by atoms with E-state index in [1.165, 1.54) is 11.6 Å².